The van der Waals surface area contributed by atoms with E-state index in [4.69, 9.17) is 8.83 Å². The molecule has 29 heavy (non-hydrogen) atoms. The first-order chi connectivity index (χ1) is 14.1. The predicted octanol–water partition coefficient (Wildman–Crippen LogP) is 3.49. The largest absolute Gasteiger partial charge is 0.469 e. The summed E-state index contributed by atoms with van der Waals surface area (Å²) in [6, 6.07) is 15.2. The number of benzene rings is 1. The number of amides is 2. The van der Waals surface area contributed by atoms with E-state index in [1.54, 1.807) is 23.3 Å². The van der Waals surface area contributed by atoms with Crippen LogP contribution in [0, 0.1) is 6.92 Å². The van der Waals surface area contributed by atoms with Gasteiger partial charge in [-0.15, -0.1) is 0 Å². The van der Waals surface area contributed by atoms with Crippen molar-refractivity contribution in [3.05, 3.63) is 83.7 Å². The summed E-state index contributed by atoms with van der Waals surface area (Å²) >= 11 is 0. The molecule has 0 spiro atoms. The minimum absolute atomic E-state index is 0.0651. The van der Waals surface area contributed by atoms with Crippen LogP contribution < -0.4 is 0 Å². The number of nitrogens with zero attached hydrogens (tertiary/aromatic N) is 2. The standard InChI is InChI=1S/C23H24N2O4/c1-17-6-8-18(9-7-17)20(16-19-4-2-14-28-19)22(26)24-10-12-25(13-11-24)23(27)21-5-3-15-29-21/h2-9,14-15,20H,10-13,16H2,1H3. The zero-order valence-corrected chi connectivity index (χ0v) is 16.4. The maximum Gasteiger partial charge on any atom is 0.289 e. The number of carbonyl (C=O) groups is 2. The molecule has 1 aromatic carbocycles. The fraction of sp³-hybridized carbons (Fsp3) is 0.304. The van der Waals surface area contributed by atoms with Gasteiger partial charge < -0.3 is 18.6 Å². The van der Waals surface area contributed by atoms with Crippen LogP contribution in [0.3, 0.4) is 0 Å². The van der Waals surface area contributed by atoms with Gasteiger partial charge in [-0.25, -0.2) is 0 Å². The molecule has 1 aliphatic rings. The first kappa shape index (κ1) is 19.1. The Hall–Kier alpha value is -3.28. The molecule has 0 saturated carbocycles. The van der Waals surface area contributed by atoms with Crippen LogP contribution in [0.25, 0.3) is 0 Å². The molecular formula is C23H24N2O4. The molecule has 0 bridgehead atoms. The van der Waals surface area contributed by atoms with Crippen LogP contribution in [-0.4, -0.2) is 47.8 Å². The SMILES string of the molecule is Cc1ccc(C(Cc2ccco2)C(=O)N2CCN(C(=O)c3ccco3)CC2)cc1. The Labute approximate surface area is 169 Å². The summed E-state index contributed by atoms with van der Waals surface area (Å²) in [4.78, 5) is 29.4. The van der Waals surface area contributed by atoms with Crippen LogP contribution in [0.5, 0.6) is 0 Å². The van der Waals surface area contributed by atoms with Gasteiger partial charge in [0, 0.05) is 32.6 Å². The normalized spacial score (nSPS) is 15.3. The topological polar surface area (TPSA) is 66.9 Å². The van der Waals surface area contributed by atoms with Gasteiger partial charge in [-0.05, 0) is 36.8 Å². The van der Waals surface area contributed by atoms with Crippen LogP contribution in [0.15, 0.2) is 69.9 Å². The van der Waals surface area contributed by atoms with Gasteiger partial charge in [0.25, 0.3) is 5.91 Å². The van der Waals surface area contributed by atoms with Crippen molar-refractivity contribution < 1.29 is 18.4 Å². The zero-order chi connectivity index (χ0) is 20.2. The monoisotopic (exact) mass is 392 g/mol. The molecule has 0 radical (unpaired) electrons. The molecule has 3 aromatic rings. The molecule has 0 aliphatic carbocycles. The minimum Gasteiger partial charge on any atom is -0.469 e. The quantitative estimate of drug-likeness (QED) is 0.667. The molecule has 150 valence electrons. The molecule has 6 heteroatoms. The lowest BCUT2D eigenvalue weighted by atomic mass is 9.92. The van der Waals surface area contributed by atoms with E-state index >= 15 is 0 Å². The van der Waals surface area contributed by atoms with Crippen molar-refractivity contribution in [1.29, 1.82) is 0 Å². The van der Waals surface area contributed by atoms with E-state index in [9.17, 15) is 9.59 Å². The molecule has 3 heterocycles. The van der Waals surface area contributed by atoms with Gasteiger partial charge in [0.1, 0.15) is 5.76 Å². The summed E-state index contributed by atoms with van der Waals surface area (Å²) in [7, 11) is 0. The van der Waals surface area contributed by atoms with Gasteiger partial charge in [-0.3, -0.25) is 9.59 Å². The molecule has 1 atom stereocenters. The Morgan fingerprint density at radius 2 is 1.55 bits per heavy atom. The lowest BCUT2D eigenvalue weighted by molar-refractivity contribution is -0.134. The smallest absolute Gasteiger partial charge is 0.289 e. The van der Waals surface area contributed by atoms with Crippen molar-refractivity contribution in [1.82, 2.24) is 9.80 Å². The van der Waals surface area contributed by atoms with Crippen molar-refractivity contribution in [2.24, 2.45) is 0 Å². The molecule has 4 rings (SSSR count). The van der Waals surface area contributed by atoms with Crippen molar-refractivity contribution in [3.8, 4) is 0 Å². The predicted molar refractivity (Wildman–Crippen MR) is 108 cm³/mol. The number of furan rings is 2. The van der Waals surface area contributed by atoms with Gasteiger partial charge >= 0.3 is 0 Å². The van der Waals surface area contributed by atoms with Crippen LogP contribution in [-0.2, 0) is 11.2 Å². The number of carbonyl (C=O) groups excluding carboxylic acids is 2. The maximum atomic E-state index is 13.4. The Morgan fingerprint density at radius 1 is 0.897 bits per heavy atom. The number of aryl methyl sites for hydroxylation is 1. The summed E-state index contributed by atoms with van der Waals surface area (Å²) in [6.07, 6.45) is 3.64. The molecule has 1 saturated heterocycles. The number of hydrogen-bond acceptors (Lipinski definition) is 4. The zero-order valence-electron chi connectivity index (χ0n) is 16.4. The van der Waals surface area contributed by atoms with E-state index in [0.717, 1.165) is 16.9 Å². The van der Waals surface area contributed by atoms with Crippen molar-refractivity contribution in [3.63, 3.8) is 0 Å². The molecule has 1 unspecified atom stereocenters. The summed E-state index contributed by atoms with van der Waals surface area (Å²) in [5.74, 6) is 0.743. The second-order valence-electron chi connectivity index (χ2n) is 7.34. The summed E-state index contributed by atoms with van der Waals surface area (Å²) in [5, 5.41) is 0. The van der Waals surface area contributed by atoms with Gasteiger partial charge in [0.05, 0.1) is 18.4 Å². The maximum absolute atomic E-state index is 13.4. The summed E-state index contributed by atoms with van der Waals surface area (Å²) in [6.45, 7) is 4.03. The Morgan fingerprint density at radius 3 is 2.17 bits per heavy atom. The van der Waals surface area contributed by atoms with E-state index in [-0.39, 0.29) is 17.7 Å². The number of hydrogen-bond donors (Lipinski definition) is 0. The van der Waals surface area contributed by atoms with Crippen LogP contribution in [0.4, 0.5) is 0 Å². The van der Waals surface area contributed by atoms with Crippen LogP contribution in [0.1, 0.15) is 33.4 Å². The highest BCUT2D eigenvalue weighted by Gasteiger charge is 2.31. The third-order valence-corrected chi connectivity index (χ3v) is 5.37. The van der Waals surface area contributed by atoms with E-state index < -0.39 is 0 Å². The molecule has 0 N–H and O–H groups in total. The highest BCUT2D eigenvalue weighted by Crippen LogP contribution is 2.25. The molecule has 2 aromatic heterocycles. The molecule has 1 fully saturated rings. The Bertz CT molecular complexity index is 937. The molecular weight excluding hydrogens is 368 g/mol. The first-order valence-corrected chi connectivity index (χ1v) is 9.82. The van der Waals surface area contributed by atoms with E-state index in [1.165, 1.54) is 6.26 Å². The lowest BCUT2D eigenvalue weighted by Crippen LogP contribution is -2.51. The highest BCUT2D eigenvalue weighted by atomic mass is 16.3. The second-order valence-corrected chi connectivity index (χ2v) is 7.34. The van der Waals surface area contributed by atoms with Gasteiger partial charge in [0.2, 0.25) is 5.91 Å². The third-order valence-electron chi connectivity index (χ3n) is 5.37. The van der Waals surface area contributed by atoms with E-state index in [1.807, 2.05) is 48.2 Å². The van der Waals surface area contributed by atoms with Gasteiger partial charge in [-0.2, -0.15) is 0 Å². The van der Waals surface area contributed by atoms with Crippen molar-refractivity contribution in [2.75, 3.05) is 26.2 Å². The van der Waals surface area contributed by atoms with Gasteiger partial charge in [0.15, 0.2) is 5.76 Å². The van der Waals surface area contributed by atoms with E-state index in [0.29, 0.717) is 38.4 Å². The van der Waals surface area contributed by atoms with Gasteiger partial charge in [-0.1, -0.05) is 29.8 Å². The lowest BCUT2D eigenvalue weighted by Gasteiger charge is -2.36. The Balaban J connectivity index is 1.46. The second kappa shape index (κ2) is 8.39. The molecule has 6 nitrogen and oxygen atoms in total. The first-order valence-electron chi connectivity index (χ1n) is 9.82. The average molecular weight is 392 g/mol. The van der Waals surface area contributed by atoms with Crippen LogP contribution >= 0.6 is 0 Å². The molecule has 2 amide bonds. The minimum atomic E-state index is -0.311. The fourth-order valence-corrected chi connectivity index (χ4v) is 3.68. The third kappa shape index (κ3) is 4.26. The Kier molecular flexibility index (Phi) is 5.51. The molecule has 1 aliphatic heterocycles. The number of rotatable bonds is 5. The van der Waals surface area contributed by atoms with Crippen LogP contribution in [0.2, 0.25) is 0 Å². The fourth-order valence-electron chi connectivity index (χ4n) is 3.68. The highest BCUT2D eigenvalue weighted by molar-refractivity contribution is 5.91. The number of piperazine rings is 1. The van der Waals surface area contributed by atoms with Crippen molar-refractivity contribution >= 4 is 11.8 Å². The summed E-state index contributed by atoms with van der Waals surface area (Å²) in [5.41, 5.74) is 2.13. The van der Waals surface area contributed by atoms with E-state index in [2.05, 4.69) is 0 Å². The summed E-state index contributed by atoms with van der Waals surface area (Å²) < 4.78 is 10.7. The van der Waals surface area contributed by atoms with Crippen molar-refractivity contribution in [2.45, 2.75) is 19.3 Å². The average Bonchev–Trinajstić information content (AvgIpc) is 3.46.